The van der Waals surface area contributed by atoms with E-state index in [1.807, 2.05) is 37.3 Å². The summed E-state index contributed by atoms with van der Waals surface area (Å²) in [6, 6.07) is 9.71. The lowest BCUT2D eigenvalue weighted by molar-refractivity contribution is 0.224. The van der Waals surface area contributed by atoms with Crippen LogP contribution in [0.25, 0.3) is 10.9 Å². The number of aliphatic hydroxyl groups is 1. The molecule has 0 fully saturated rings. The van der Waals surface area contributed by atoms with Gasteiger partial charge in [-0.2, -0.15) is 0 Å². The Labute approximate surface area is 109 Å². The summed E-state index contributed by atoms with van der Waals surface area (Å²) in [5.74, 6) is 0. The first-order valence-electron chi connectivity index (χ1n) is 5.69. The summed E-state index contributed by atoms with van der Waals surface area (Å²) in [6.45, 7) is 1.94. The molecule has 18 heavy (non-hydrogen) atoms. The minimum Gasteiger partial charge on any atom is -0.383 e. The first-order chi connectivity index (χ1) is 8.74. The van der Waals surface area contributed by atoms with Crippen molar-refractivity contribution >= 4 is 22.2 Å². The Morgan fingerprint density at radius 2 is 2.11 bits per heavy atom. The van der Waals surface area contributed by atoms with Gasteiger partial charge in [0.15, 0.2) is 0 Å². The van der Waals surface area contributed by atoms with E-state index < -0.39 is 6.10 Å². The Morgan fingerprint density at radius 1 is 1.22 bits per heavy atom. The van der Waals surface area contributed by atoms with Crippen LogP contribution in [0.2, 0.25) is 0 Å². The monoisotopic (exact) mass is 256 g/mol. The summed E-state index contributed by atoms with van der Waals surface area (Å²) in [5.41, 5.74) is 1.81. The first kappa shape index (κ1) is 11.3. The molecule has 1 aromatic carbocycles. The van der Waals surface area contributed by atoms with E-state index in [9.17, 15) is 5.11 Å². The highest BCUT2D eigenvalue weighted by molar-refractivity contribution is 7.11. The number of aromatic nitrogens is 2. The van der Waals surface area contributed by atoms with E-state index in [4.69, 9.17) is 0 Å². The molecule has 0 radical (unpaired) electrons. The van der Waals surface area contributed by atoms with Gasteiger partial charge in [0.2, 0.25) is 0 Å². The van der Waals surface area contributed by atoms with Gasteiger partial charge in [-0.05, 0) is 30.7 Å². The number of nitrogens with zero attached hydrogens (tertiary/aromatic N) is 2. The zero-order valence-electron chi connectivity index (χ0n) is 9.87. The van der Waals surface area contributed by atoms with Crippen molar-refractivity contribution in [3.05, 3.63) is 58.2 Å². The molecule has 90 valence electrons. The van der Waals surface area contributed by atoms with Crippen LogP contribution in [0.3, 0.4) is 0 Å². The summed E-state index contributed by atoms with van der Waals surface area (Å²) in [4.78, 5) is 9.31. The van der Waals surface area contributed by atoms with Crippen LogP contribution in [-0.2, 0) is 0 Å². The Bertz CT molecular complexity index is 693. The molecule has 0 aliphatic heterocycles. The van der Waals surface area contributed by atoms with Gasteiger partial charge >= 0.3 is 0 Å². The van der Waals surface area contributed by atoms with Crippen molar-refractivity contribution in [3.8, 4) is 0 Å². The van der Waals surface area contributed by atoms with Gasteiger partial charge in [-0.25, -0.2) is 4.98 Å². The van der Waals surface area contributed by atoms with Crippen molar-refractivity contribution in [3.63, 3.8) is 0 Å². The summed E-state index contributed by atoms with van der Waals surface area (Å²) in [6.07, 6.45) is 2.89. The zero-order chi connectivity index (χ0) is 12.5. The van der Waals surface area contributed by atoms with Crippen LogP contribution in [0.4, 0.5) is 0 Å². The minimum absolute atomic E-state index is 0.610. The fourth-order valence-corrected chi connectivity index (χ4v) is 2.73. The number of rotatable bonds is 2. The van der Waals surface area contributed by atoms with E-state index in [0.29, 0.717) is 0 Å². The van der Waals surface area contributed by atoms with E-state index in [-0.39, 0.29) is 0 Å². The van der Waals surface area contributed by atoms with E-state index in [1.54, 1.807) is 12.4 Å². The maximum atomic E-state index is 10.3. The highest BCUT2D eigenvalue weighted by Gasteiger charge is 2.13. The SMILES string of the molecule is Cc1ncc(C(O)c2ccc3ncccc3c2)s1. The molecule has 0 spiro atoms. The molecule has 0 aliphatic rings. The Hall–Kier alpha value is -1.78. The molecule has 1 atom stereocenters. The van der Waals surface area contributed by atoms with Crippen molar-refractivity contribution in [1.29, 1.82) is 0 Å². The molecule has 3 nitrogen and oxygen atoms in total. The minimum atomic E-state index is -0.610. The van der Waals surface area contributed by atoms with Crippen molar-refractivity contribution < 1.29 is 5.11 Å². The van der Waals surface area contributed by atoms with E-state index in [2.05, 4.69) is 9.97 Å². The molecule has 3 aromatic rings. The number of aliphatic hydroxyl groups excluding tert-OH is 1. The van der Waals surface area contributed by atoms with Crippen molar-refractivity contribution in [2.75, 3.05) is 0 Å². The number of aryl methyl sites for hydroxylation is 1. The highest BCUT2D eigenvalue weighted by atomic mass is 32.1. The van der Waals surface area contributed by atoms with Crippen LogP contribution in [0.5, 0.6) is 0 Å². The van der Waals surface area contributed by atoms with Gasteiger partial charge in [0.1, 0.15) is 6.10 Å². The number of fused-ring (bicyclic) bond motifs is 1. The third kappa shape index (κ3) is 2.00. The lowest BCUT2D eigenvalue weighted by Crippen LogP contribution is -1.97. The smallest absolute Gasteiger partial charge is 0.115 e. The summed E-state index contributed by atoms with van der Waals surface area (Å²) in [7, 11) is 0. The van der Waals surface area contributed by atoms with Crippen LogP contribution in [0.15, 0.2) is 42.7 Å². The van der Waals surface area contributed by atoms with Gasteiger partial charge in [-0.15, -0.1) is 11.3 Å². The van der Waals surface area contributed by atoms with Gasteiger partial charge in [0.25, 0.3) is 0 Å². The third-order valence-corrected chi connectivity index (χ3v) is 3.82. The average molecular weight is 256 g/mol. The predicted molar refractivity (Wildman–Crippen MR) is 72.7 cm³/mol. The van der Waals surface area contributed by atoms with Crippen LogP contribution in [0, 0.1) is 6.92 Å². The van der Waals surface area contributed by atoms with Gasteiger partial charge < -0.3 is 5.11 Å². The van der Waals surface area contributed by atoms with Crippen LogP contribution in [0.1, 0.15) is 21.6 Å². The summed E-state index contributed by atoms with van der Waals surface area (Å²) >= 11 is 1.52. The molecule has 0 aliphatic carbocycles. The van der Waals surface area contributed by atoms with E-state index >= 15 is 0 Å². The quantitative estimate of drug-likeness (QED) is 0.766. The summed E-state index contributed by atoms with van der Waals surface area (Å²) < 4.78 is 0. The molecule has 3 rings (SSSR count). The maximum absolute atomic E-state index is 10.3. The van der Waals surface area contributed by atoms with Crippen LogP contribution in [-0.4, -0.2) is 15.1 Å². The fraction of sp³-hybridized carbons (Fsp3) is 0.143. The lowest BCUT2D eigenvalue weighted by Gasteiger charge is -2.09. The average Bonchev–Trinajstić information content (AvgIpc) is 2.84. The fourth-order valence-electron chi connectivity index (χ4n) is 1.93. The van der Waals surface area contributed by atoms with Gasteiger partial charge in [0.05, 0.1) is 15.4 Å². The second-order valence-corrected chi connectivity index (χ2v) is 5.41. The zero-order valence-corrected chi connectivity index (χ0v) is 10.7. The highest BCUT2D eigenvalue weighted by Crippen LogP contribution is 2.28. The second-order valence-electron chi connectivity index (χ2n) is 4.14. The molecule has 2 aromatic heterocycles. The van der Waals surface area contributed by atoms with E-state index in [1.165, 1.54) is 11.3 Å². The molecule has 0 amide bonds. The molecule has 1 N–H and O–H groups in total. The Balaban J connectivity index is 2.03. The molecule has 0 bridgehead atoms. The largest absolute Gasteiger partial charge is 0.383 e. The molecular weight excluding hydrogens is 244 g/mol. The number of thiazole rings is 1. The molecule has 0 saturated carbocycles. The molecule has 4 heteroatoms. The van der Waals surface area contributed by atoms with Crippen molar-refractivity contribution in [2.45, 2.75) is 13.0 Å². The molecule has 1 unspecified atom stereocenters. The number of hydrogen-bond acceptors (Lipinski definition) is 4. The van der Waals surface area contributed by atoms with Crippen LogP contribution >= 0.6 is 11.3 Å². The predicted octanol–water partition coefficient (Wildman–Crippen LogP) is 3.08. The molecule has 0 saturated heterocycles. The first-order valence-corrected chi connectivity index (χ1v) is 6.51. The Kier molecular flexibility index (Phi) is 2.81. The van der Waals surface area contributed by atoms with Gasteiger partial charge in [0, 0.05) is 17.8 Å². The topological polar surface area (TPSA) is 46.0 Å². The third-order valence-electron chi connectivity index (χ3n) is 2.85. The number of pyridine rings is 1. The lowest BCUT2D eigenvalue weighted by atomic mass is 10.1. The standard InChI is InChI=1S/C14H12N2OS/c1-9-16-8-13(18-9)14(17)11-4-5-12-10(7-11)3-2-6-15-12/h2-8,14,17H,1H3. The normalized spacial score (nSPS) is 12.8. The molecular formula is C14H12N2OS. The van der Waals surface area contributed by atoms with Gasteiger partial charge in [-0.3, -0.25) is 4.98 Å². The van der Waals surface area contributed by atoms with E-state index in [0.717, 1.165) is 26.4 Å². The van der Waals surface area contributed by atoms with Gasteiger partial charge in [-0.1, -0.05) is 12.1 Å². The maximum Gasteiger partial charge on any atom is 0.115 e. The number of benzene rings is 1. The summed E-state index contributed by atoms with van der Waals surface area (Å²) in [5, 5.41) is 12.3. The number of hydrogen-bond donors (Lipinski definition) is 1. The van der Waals surface area contributed by atoms with Crippen LogP contribution < -0.4 is 0 Å². The Morgan fingerprint density at radius 3 is 2.89 bits per heavy atom. The van der Waals surface area contributed by atoms with Crippen molar-refractivity contribution in [2.24, 2.45) is 0 Å². The molecule has 2 heterocycles. The second kappa shape index (κ2) is 4.48. The van der Waals surface area contributed by atoms with Crippen molar-refractivity contribution in [1.82, 2.24) is 9.97 Å².